The summed E-state index contributed by atoms with van der Waals surface area (Å²) in [6, 6.07) is 23.2. The summed E-state index contributed by atoms with van der Waals surface area (Å²) in [5.74, 6) is -0.445. The number of rotatable bonds is 7. The maximum atomic E-state index is 13.6. The molecule has 0 spiro atoms. The monoisotopic (exact) mass is 430 g/mol. The van der Waals surface area contributed by atoms with E-state index in [9.17, 15) is 9.18 Å². The largest absolute Gasteiger partial charge is 0.351 e. The predicted octanol–water partition coefficient (Wildman–Crippen LogP) is 5.01. The Kier molecular flexibility index (Phi) is 7.01. The van der Waals surface area contributed by atoms with Gasteiger partial charge in [0.25, 0.3) is 0 Å². The topological polar surface area (TPSA) is 32.3 Å². The summed E-state index contributed by atoms with van der Waals surface area (Å²) in [6.45, 7) is 6.87. The summed E-state index contributed by atoms with van der Waals surface area (Å²) < 4.78 is 13.1. The van der Waals surface area contributed by atoms with E-state index in [2.05, 4.69) is 48.3 Å². The van der Waals surface area contributed by atoms with Gasteiger partial charge in [-0.15, -0.1) is 0 Å². The van der Waals surface area contributed by atoms with Crippen LogP contribution in [-0.4, -0.2) is 36.5 Å². The Morgan fingerprint density at radius 3 is 2.16 bits per heavy atom. The Morgan fingerprint density at radius 1 is 0.969 bits per heavy atom. The third-order valence-electron chi connectivity index (χ3n) is 6.51. The molecule has 4 rings (SSSR count). The lowest BCUT2D eigenvalue weighted by Crippen LogP contribution is -2.40. The van der Waals surface area contributed by atoms with Crippen LogP contribution in [0.1, 0.15) is 40.2 Å². The zero-order chi connectivity index (χ0) is 22.5. The second-order valence-corrected chi connectivity index (χ2v) is 8.82. The highest BCUT2D eigenvalue weighted by molar-refractivity contribution is 5.88. The first-order valence-electron chi connectivity index (χ1n) is 11.4. The number of amides is 1. The molecule has 166 valence electrons. The van der Waals surface area contributed by atoms with Crippen molar-refractivity contribution in [2.24, 2.45) is 0 Å². The molecular formula is C28H31FN2O. The maximum absolute atomic E-state index is 13.6. The van der Waals surface area contributed by atoms with Crippen molar-refractivity contribution in [3.05, 3.63) is 106 Å². The van der Waals surface area contributed by atoms with E-state index in [0.29, 0.717) is 0 Å². The van der Waals surface area contributed by atoms with Crippen LogP contribution in [0.15, 0.2) is 72.8 Å². The third kappa shape index (κ3) is 5.25. The van der Waals surface area contributed by atoms with Crippen LogP contribution < -0.4 is 5.32 Å². The van der Waals surface area contributed by atoms with Gasteiger partial charge in [0, 0.05) is 25.7 Å². The molecule has 1 amide bonds. The molecule has 1 heterocycles. The number of carbonyl (C=O) groups is 1. The van der Waals surface area contributed by atoms with Crippen LogP contribution in [0.3, 0.4) is 0 Å². The Balaban J connectivity index is 1.43. The number of nitrogens with one attached hydrogen (secondary N) is 1. The van der Waals surface area contributed by atoms with Crippen molar-refractivity contribution in [2.45, 2.75) is 38.6 Å². The fourth-order valence-electron chi connectivity index (χ4n) is 4.65. The van der Waals surface area contributed by atoms with Gasteiger partial charge in [-0.2, -0.15) is 0 Å². The number of hydrogen-bond acceptors (Lipinski definition) is 2. The number of benzene rings is 3. The molecule has 1 N–H and O–H groups in total. The van der Waals surface area contributed by atoms with Gasteiger partial charge >= 0.3 is 0 Å². The lowest BCUT2D eigenvalue weighted by Gasteiger charge is -2.24. The molecule has 0 radical (unpaired) electrons. The summed E-state index contributed by atoms with van der Waals surface area (Å²) >= 11 is 0. The van der Waals surface area contributed by atoms with Gasteiger partial charge in [0.15, 0.2) is 0 Å². The Morgan fingerprint density at radius 2 is 1.56 bits per heavy atom. The van der Waals surface area contributed by atoms with Gasteiger partial charge in [0.2, 0.25) is 5.91 Å². The molecule has 0 saturated carbocycles. The number of carbonyl (C=O) groups excluding carboxylic acids is 1. The van der Waals surface area contributed by atoms with Crippen molar-refractivity contribution in [1.82, 2.24) is 10.2 Å². The van der Waals surface area contributed by atoms with Crippen LogP contribution in [0.2, 0.25) is 0 Å². The summed E-state index contributed by atoms with van der Waals surface area (Å²) in [5, 5.41) is 3.34. The lowest BCUT2D eigenvalue weighted by atomic mass is 9.85. The molecule has 3 nitrogen and oxygen atoms in total. The minimum absolute atomic E-state index is 0.0685. The highest BCUT2D eigenvalue weighted by Gasteiger charge is 2.30. The Labute approximate surface area is 190 Å². The van der Waals surface area contributed by atoms with Gasteiger partial charge in [0.1, 0.15) is 5.82 Å². The number of halogens is 1. The second kappa shape index (κ2) is 10.1. The van der Waals surface area contributed by atoms with Crippen molar-refractivity contribution in [3.63, 3.8) is 0 Å². The number of hydrogen-bond donors (Lipinski definition) is 1. The smallest absolute Gasteiger partial charge is 0.232 e. The maximum Gasteiger partial charge on any atom is 0.232 e. The minimum Gasteiger partial charge on any atom is -0.351 e. The number of likely N-dealkylation sites (tertiary alicyclic amines) is 1. The fraction of sp³-hybridized carbons (Fsp3) is 0.321. The molecule has 0 aromatic heterocycles. The highest BCUT2D eigenvalue weighted by Crippen LogP contribution is 2.30. The average Bonchev–Trinajstić information content (AvgIpc) is 3.23. The van der Waals surface area contributed by atoms with Crippen LogP contribution in [0.25, 0.3) is 0 Å². The highest BCUT2D eigenvalue weighted by atomic mass is 19.1. The summed E-state index contributed by atoms with van der Waals surface area (Å²) in [6.07, 6.45) is 1.83. The standard InChI is InChI=1S/C28H31FN2O/c1-20-7-3-5-9-25(20)27(26-10-6-4-8-21(26)2)28(32)30-24-16-18-31(19-24)17-15-22-11-13-23(29)14-12-22/h3-14,24,27H,15-19H2,1-2H3,(H,30,32)/t24-/m0/s1. The lowest BCUT2D eigenvalue weighted by molar-refractivity contribution is -0.122. The molecule has 0 bridgehead atoms. The van der Waals surface area contributed by atoms with Gasteiger partial charge in [-0.1, -0.05) is 60.7 Å². The van der Waals surface area contributed by atoms with E-state index in [-0.39, 0.29) is 23.7 Å². The van der Waals surface area contributed by atoms with Crippen LogP contribution in [0.4, 0.5) is 4.39 Å². The molecule has 4 heteroatoms. The first-order valence-corrected chi connectivity index (χ1v) is 11.4. The van der Waals surface area contributed by atoms with Crippen LogP contribution in [-0.2, 0) is 11.2 Å². The quantitative estimate of drug-likeness (QED) is 0.572. The Hall–Kier alpha value is -2.98. The van der Waals surface area contributed by atoms with Gasteiger partial charge < -0.3 is 10.2 Å². The van der Waals surface area contributed by atoms with E-state index in [1.165, 1.54) is 12.1 Å². The van der Waals surface area contributed by atoms with Crippen LogP contribution in [0.5, 0.6) is 0 Å². The SMILES string of the molecule is Cc1ccccc1C(C(=O)N[C@H]1CCN(CCc2ccc(F)cc2)C1)c1ccccc1C. The molecule has 3 aromatic rings. The van der Waals surface area contributed by atoms with E-state index < -0.39 is 0 Å². The van der Waals surface area contributed by atoms with E-state index in [0.717, 1.165) is 60.3 Å². The summed E-state index contributed by atoms with van der Waals surface area (Å²) in [7, 11) is 0. The van der Waals surface area contributed by atoms with Crippen molar-refractivity contribution >= 4 is 5.91 Å². The van der Waals surface area contributed by atoms with Gasteiger partial charge in [-0.25, -0.2) is 4.39 Å². The average molecular weight is 431 g/mol. The summed E-state index contributed by atoms with van der Waals surface area (Å²) in [5.41, 5.74) is 5.51. The number of aryl methyl sites for hydroxylation is 2. The van der Waals surface area contributed by atoms with Crippen LogP contribution >= 0.6 is 0 Å². The van der Waals surface area contributed by atoms with Gasteiger partial charge in [0.05, 0.1) is 5.92 Å². The van der Waals surface area contributed by atoms with Gasteiger partial charge in [-0.05, 0) is 66.6 Å². The van der Waals surface area contributed by atoms with Crippen molar-refractivity contribution in [1.29, 1.82) is 0 Å². The molecular weight excluding hydrogens is 399 g/mol. The van der Waals surface area contributed by atoms with Crippen molar-refractivity contribution in [3.8, 4) is 0 Å². The van der Waals surface area contributed by atoms with E-state index in [1.807, 2.05) is 36.4 Å². The van der Waals surface area contributed by atoms with Crippen LogP contribution in [0, 0.1) is 19.7 Å². The zero-order valence-electron chi connectivity index (χ0n) is 18.9. The van der Waals surface area contributed by atoms with Crippen molar-refractivity contribution in [2.75, 3.05) is 19.6 Å². The van der Waals surface area contributed by atoms with Gasteiger partial charge in [-0.3, -0.25) is 4.79 Å². The van der Waals surface area contributed by atoms with E-state index >= 15 is 0 Å². The first-order chi connectivity index (χ1) is 15.5. The third-order valence-corrected chi connectivity index (χ3v) is 6.51. The molecule has 1 aliphatic heterocycles. The Bertz CT molecular complexity index is 1020. The van der Waals surface area contributed by atoms with E-state index in [1.54, 1.807) is 0 Å². The molecule has 0 unspecified atom stereocenters. The zero-order valence-corrected chi connectivity index (χ0v) is 18.9. The minimum atomic E-state index is -0.314. The number of nitrogens with zero attached hydrogens (tertiary/aromatic N) is 1. The van der Waals surface area contributed by atoms with E-state index in [4.69, 9.17) is 0 Å². The second-order valence-electron chi connectivity index (χ2n) is 8.82. The molecule has 1 atom stereocenters. The fourth-order valence-corrected chi connectivity index (χ4v) is 4.65. The normalized spacial score (nSPS) is 16.4. The molecule has 1 aliphatic rings. The molecule has 1 fully saturated rings. The summed E-state index contributed by atoms with van der Waals surface area (Å²) in [4.78, 5) is 15.9. The first kappa shape index (κ1) is 22.2. The van der Waals surface area contributed by atoms with Crippen molar-refractivity contribution < 1.29 is 9.18 Å². The molecule has 0 aliphatic carbocycles. The molecule has 3 aromatic carbocycles. The predicted molar refractivity (Wildman–Crippen MR) is 127 cm³/mol. The molecule has 32 heavy (non-hydrogen) atoms. The molecule has 1 saturated heterocycles.